The molecule has 0 amide bonds. The smallest absolute Gasteiger partial charge is 0.406 e. The molecule has 0 aliphatic heterocycles. The van der Waals surface area contributed by atoms with Gasteiger partial charge in [0.25, 0.3) is 0 Å². The fraction of sp³-hybridized carbons (Fsp3) is 0.0800. The fourth-order valence-electron chi connectivity index (χ4n) is 3.73. The molecule has 0 unspecified atom stereocenters. The summed E-state index contributed by atoms with van der Waals surface area (Å²) < 4.78 is 41.8. The van der Waals surface area contributed by atoms with Crippen LogP contribution in [0.15, 0.2) is 73.2 Å². The van der Waals surface area contributed by atoms with Crippen LogP contribution in [-0.2, 0) is 0 Å². The lowest BCUT2D eigenvalue weighted by atomic mass is 9.95. The van der Waals surface area contributed by atoms with Crippen LogP contribution >= 0.6 is 0 Å². The third kappa shape index (κ3) is 4.85. The molecule has 36 heavy (non-hydrogen) atoms. The van der Waals surface area contributed by atoms with Crippen molar-refractivity contribution in [2.75, 3.05) is 5.73 Å². The summed E-state index contributed by atoms with van der Waals surface area (Å²) in [6.45, 7) is 1.96. The van der Waals surface area contributed by atoms with E-state index >= 15 is 0 Å². The predicted octanol–water partition coefficient (Wildman–Crippen LogP) is 5.45. The third-order valence-corrected chi connectivity index (χ3v) is 5.35. The molecule has 2 aromatic carbocycles. The number of rotatable bonds is 5. The Morgan fingerprint density at radius 3 is 2.50 bits per heavy atom. The van der Waals surface area contributed by atoms with Crippen molar-refractivity contribution in [1.29, 1.82) is 0 Å². The highest BCUT2D eigenvalue weighted by molar-refractivity contribution is 5.84. The Labute approximate surface area is 203 Å². The van der Waals surface area contributed by atoms with Gasteiger partial charge in [-0.25, -0.2) is 15.0 Å². The van der Waals surface area contributed by atoms with Crippen LogP contribution in [0.2, 0.25) is 0 Å². The van der Waals surface area contributed by atoms with Crippen molar-refractivity contribution in [2.24, 2.45) is 0 Å². The SMILES string of the molecule is Cc1ccc(-c2nc(-c3cccc(OC(F)(F)F)c3)n[nH]2)cc1-c1cnc(N)nc1-c1cccnc1. The van der Waals surface area contributed by atoms with Crippen LogP contribution in [0.25, 0.3) is 45.2 Å². The van der Waals surface area contributed by atoms with E-state index < -0.39 is 6.36 Å². The molecule has 3 heterocycles. The van der Waals surface area contributed by atoms with Gasteiger partial charge in [0.1, 0.15) is 5.75 Å². The molecule has 0 saturated heterocycles. The first-order valence-electron chi connectivity index (χ1n) is 10.7. The summed E-state index contributed by atoms with van der Waals surface area (Å²) in [4.78, 5) is 17.3. The zero-order valence-corrected chi connectivity index (χ0v) is 18.8. The number of ether oxygens (including phenoxy) is 1. The number of halogens is 3. The van der Waals surface area contributed by atoms with Crippen LogP contribution < -0.4 is 10.5 Å². The third-order valence-electron chi connectivity index (χ3n) is 5.35. The predicted molar refractivity (Wildman–Crippen MR) is 127 cm³/mol. The number of alkyl halides is 3. The molecule has 8 nitrogen and oxygen atoms in total. The van der Waals surface area contributed by atoms with Crippen LogP contribution in [0, 0.1) is 6.92 Å². The molecule has 5 aromatic rings. The number of nitrogen functional groups attached to an aromatic ring is 1. The minimum atomic E-state index is -4.79. The van der Waals surface area contributed by atoms with Crippen molar-refractivity contribution in [3.8, 4) is 50.9 Å². The number of aromatic nitrogens is 6. The van der Waals surface area contributed by atoms with E-state index in [2.05, 4.69) is 34.9 Å². The molecule has 0 fully saturated rings. The Morgan fingerprint density at radius 1 is 0.889 bits per heavy atom. The topological polar surface area (TPSA) is 115 Å². The maximum Gasteiger partial charge on any atom is 0.573 e. The van der Waals surface area contributed by atoms with Gasteiger partial charge in [0, 0.05) is 40.8 Å². The highest BCUT2D eigenvalue weighted by Crippen LogP contribution is 2.35. The van der Waals surface area contributed by atoms with Gasteiger partial charge in [-0.2, -0.15) is 5.10 Å². The number of aryl methyl sites for hydroxylation is 1. The number of benzene rings is 2. The van der Waals surface area contributed by atoms with Crippen molar-refractivity contribution < 1.29 is 17.9 Å². The molecule has 0 aliphatic carbocycles. The highest BCUT2D eigenvalue weighted by Gasteiger charge is 2.31. The Kier molecular flexibility index (Phi) is 5.80. The lowest BCUT2D eigenvalue weighted by Gasteiger charge is -2.12. The second-order valence-corrected chi connectivity index (χ2v) is 7.85. The number of aromatic amines is 1. The molecule has 0 aliphatic rings. The number of nitrogens with one attached hydrogen (secondary N) is 1. The van der Waals surface area contributed by atoms with Crippen LogP contribution in [0.1, 0.15) is 5.56 Å². The van der Waals surface area contributed by atoms with Gasteiger partial charge in [-0.1, -0.05) is 24.3 Å². The molecular formula is C25H18F3N7O. The van der Waals surface area contributed by atoms with E-state index in [0.29, 0.717) is 22.6 Å². The molecule has 180 valence electrons. The van der Waals surface area contributed by atoms with Crippen molar-refractivity contribution in [1.82, 2.24) is 30.1 Å². The average Bonchev–Trinajstić information content (AvgIpc) is 3.35. The lowest BCUT2D eigenvalue weighted by Crippen LogP contribution is -2.17. The number of nitrogens with two attached hydrogens (primary N) is 1. The van der Waals surface area contributed by atoms with Gasteiger partial charge in [-0.15, -0.1) is 13.2 Å². The second kappa shape index (κ2) is 9.10. The summed E-state index contributed by atoms with van der Waals surface area (Å²) in [5.74, 6) is 0.456. The zero-order chi connectivity index (χ0) is 25.3. The largest absolute Gasteiger partial charge is 0.573 e. The first-order chi connectivity index (χ1) is 17.3. The average molecular weight is 489 g/mol. The number of hydrogen-bond donors (Lipinski definition) is 2. The summed E-state index contributed by atoms with van der Waals surface area (Å²) in [5.41, 5.74) is 11.0. The standard InChI is InChI=1S/C25H18F3N7O/c1-14-7-8-16(11-19(14)20-13-31-24(29)32-21(20)17-5-3-9-30-12-17)23-33-22(34-35-23)15-4-2-6-18(10-15)36-25(26,27)28/h2-13H,1H3,(H2,29,31,32)(H,33,34,35). The summed E-state index contributed by atoms with van der Waals surface area (Å²) in [7, 11) is 0. The van der Waals surface area contributed by atoms with E-state index in [0.717, 1.165) is 22.3 Å². The normalized spacial score (nSPS) is 11.4. The maximum atomic E-state index is 12.6. The van der Waals surface area contributed by atoms with E-state index in [1.165, 1.54) is 18.2 Å². The summed E-state index contributed by atoms with van der Waals surface area (Å²) >= 11 is 0. The van der Waals surface area contributed by atoms with E-state index in [1.54, 1.807) is 24.7 Å². The molecule has 3 N–H and O–H groups in total. The first kappa shape index (κ1) is 23.0. The molecule has 0 spiro atoms. The van der Waals surface area contributed by atoms with Crippen LogP contribution in [0.5, 0.6) is 5.75 Å². The van der Waals surface area contributed by atoms with Gasteiger partial charge in [0.05, 0.1) is 5.69 Å². The Morgan fingerprint density at radius 2 is 1.72 bits per heavy atom. The number of anilines is 1. The Hall–Kier alpha value is -4.80. The molecule has 0 radical (unpaired) electrons. The van der Waals surface area contributed by atoms with Gasteiger partial charge in [0.15, 0.2) is 11.6 Å². The number of pyridine rings is 1. The minimum Gasteiger partial charge on any atom is -0.406 e. The number of H-pyrrole nitrogens is 1. The van der Waals surface area contributed by atoms with Crippen molar-refractivity contribution in [3.05, 3.63) is 78.8 Å². The molecule has 5 rings (SSSR count). The molecule has 0 atom stereocenters. The maximum absolute atomic E-state index is 12.6. The van der Waals surface area contributed by atoms with Gasteiger partial charge in [-0.05, 0) is 48.4 Å². The molecule has 0 bridgehead atoms. The lowest BCUT2D eigenvalue weighted by molar-refractivity contribution is -0.274. The van der Waals surface area contributed by atoms with Crippen LogP contribution in [0.3, 0.4) is 0 Å². The van der Waals surface area contributed by atoms with E-state index in [1.807, 2.05) is 37.3 Å². The quantitative estimate of drug-likeness (QED) is 0.337. The van der Waals surface area contributed by atoms with Crippen LogP contribution in [-0.4, -0.2) is 36.5 Å². The Bertz CT molecular complexity index is 1530. The minimum absolute atomic E-state index is 0.142. The first-order valence-corrected chi connectivity index (χ1v) is 10.7. The molecule has 3 aromatic heterocycles. The monoisotopic (exact) mass is 489 g/mol. The van der Waals surface area contributed by atoms with Crippen LogP contribution in [0.4, 0.5) is 19.1 Å². The van der Waals surface area contributed by atoms with Gasteiger partial charge in [-0.3, -0.25) is 10.1 Å². The van der Waals surface area contributed by atoms with Gasteiger partial charge < -0.3 is 10.5 Å². The van der Waals surface area contributed by atoms with Gasteiger partial charge >= 0.3 is 6.36 Å². The second-order valence-electron chi connectivity index (χ2n) is 7.85. The van der Waals surface area contributed by atoms with Gasteiger partial charge in [0.2, 0.25) is 5.95 Å². The van der Waals surface area contributed by atoms with E-state index in [4.69, 9.17) is 5.73 Å². The van der Waals surface area contributed by atoms with E-state index in [-0.39, 0.29) is 17.5 Å². The molecule has 11 heteroatoms. The Balaban J connectivity index is 1.53. The summed E-state index contributed by atoms with van der Waals surface area (Å²) in [6, 6.07) is 14.9. The molecule has 0 saturated carbocycles. The number of nitrogens with zero attached hydrogens (tertiary/aromatic N) is 5. The summed E-state index contributed by atoms with van der Waals surface area (Å²) in [6.07, 6.45) is 0.242. The molecular weight excluding hydrogens is 471 g/mol. The zero-order valence-electron chi connectivity index (χ0n) is 18.8. The van der Waals surface area contributed by atoms with Crippen molar-refractivity contribution in [2.45, 2.75) is 13.3 Å². The fourth-order valence-corrected chi connectivity index (χ4v) is 3.73. The van der Waals surface area contributed by atoms with Crippen molar-refractivity contribution >= 4 is 5.95 Å². The highest BCUT2D eigenvalue weighted by atomic mass is 19.4. The summed E-state index contributed by atoms with van der Waals surface area (Å²) in [5, 5.41) is 7.04. The van der Waals surface area contributed by atoms with E-state index in [9.17, 15) is 13.2 Å². The number of hydrogen-bond acceptors (Lipinski definition) is 7. The van der Waals surface area contributed by atoms with Crippen molar-refractivity contribution in [3.63, 3.8) is 0 Å².